The van der Waals surface area contributed by atoms with Gasteiger partial charge in [-0.25, -0.2) is 4.79 Å². The molecule has 0 fully saturated rings. The van der Waals surface area contributed by atoms with Crippen molar-refractivity contribution in [1.29, 1.82) is 10.5 Å². The lowest BCUT2D eigenvalue weighted by molar-refractivity contribution is 0.0690. The molecule has 0 saturated carbocycles. The average molecular weight is 258 g/mol. The van der Waals surface area contributed by atoms with E-state index >= 15 is 0 Å². The van der Waals surface area contributed by atoms with Gasteiger partial charge in [-0.1, -0.05) is 0 Å². The number of amides is 1. The van der Waals surface area contributed by atoms with Gasteiger partial charge in [0.25, 0.3) is 5.91 Å². The van der Waals surface area contributed by atoms with Crippen LogP contribution in [0.1, 0.15) is 20.7 Å². The Hall–Kier alpha value is -3.46. The SMILES string of the molecule is N#C/C(N)=C(\C#N)NC(=O)c1cnncc1C(=O)O. The van der Waals surface area contributed by atoms with Crippen molar-refractivity contribution in [2.24, 2.45) is 5.73 Å². The average Bonchev–Trinajstić information content (AvgIpc) is 2.43. The molecule has 9 nitrogen and oxygen atoms in total. The molecule has 0 atom stereocenters. The maximum absolute atomic E-state index is 11.8. The van der Waals surface area contributed by atoms with Crippen LogP contribution in [0.5, 0.6) is 0 Å². The zero-order valence-electron chi connectivity index (χ0n) is 9.28. The summed E-state index contributed by atoms with van der Waals surface area (Å²) in [5.41, 5.74) is 3.53. The number of carboxylic acid groups (broad SMARTS) is 1. The largest absolute Gasteiger partial charge is 0.478 e. The van der Waals surface area contributed by atoms with Crippen LogP contribution in [0.25, 0.3) is 0 Å². The van der Waals surface area contributed by atoms with Gasteiger partial charge in [-0.05, 0) is 0 Å². The number of carbonyl (C=O) groups is 2. The van der Waals surface area contributed by atoms with Gasteiger partial charge in [0.2, 0.25) is 0 Å². The first-order valence-corrected chi connectivity index (χ1v) is 4.66. The molecule has 0 saturated heterocycles. The van der Waals surface area contributed by atoms with E-state index in [1.165, 1.54) is 12.1 Å². The number of aromatic nitrogens is 2. The number of nitrogens with two attached hydrogens (primary N) is 1. The summed E-state index contributed by atoms with van der Waals surface area (Å²) in [5.74, 6) is -2.31. The zero-order valence-corrected chi connectivity index (χ0v) is 9.28. The van der Waals surface area contributed by atoms with Gasteiger partial charge >= 0.3 is 5.97 Å². The fourth-order valence-corrected chi connectivity index (χ4v) is 1.06. The smallest absolute Gasteiger partial charge is 0.338 e. The van der Waals surface area contributed by atoms with Gasteiger partial charge in [0, 0.05) is 0 Å². The fraction of sp³-hybridized carbons (Fsp3) is 0. The molecule has 0 radical (unpaired) electrons. The van der Waals surface area contributed by atoms with Gasteiger partial charge in [-0.15, -0.1) is 0 Å². The molecule has 1 aromatic rings. The molecule has 0 spiro atoms. The van der Waals surface area contributed by atoms with Crippen LogP contribution in [-0.2, 0) is 0 Å². The number of allylic oxidation sites excluding steroid dienone is 2. The summed E-state index contributed by atoms with van der Waals surface area (Å²) in [6.07, 6.45) is 1.82. The van der Waals surface area contributed by atoms with E-state index in [0.717, 1.165) is 12.4 Å². The summed E-state index contributed by atoms with van der Waals surface area (Å²) in [7, 11) is 0. The molecule has 4 N–H and O–H groups in total. The highest BCUT2D eigenvalue weighted by atomic mass is 16.4. The number of carboxylic acids is 1. The summed E-state index contributed by atoms with van der Waals surface area (Å²) in [4.78, 5) is 22.6. The maximum Gasteiger partial charge on any atom is 0.338 e. The third kappa shape index (κ3) is 3.01. The lowest BCUT2D eigenvalue weighted by atomic mass is 10.1. The molecule has 1 amide bonds. The van der Waals surface area contributed by atoms with Crippen LogP contribution in [0.15, 0.2) is 23.8 Å². The second kappa shape index (κ2) is 5.75. The van der Waals surface area contributed by atoms with Crippen LogP contribution < -0.4 is 11.1 Å². The number of aromatic carboxylic acids is 1. The molecular formula is C10H6N6O3. The summed E-state index contributed by atoms with van der Waals surface area (Å²) in [6, 6.07) is 3.00. The molecule has 1 aromatic heterocycles. The summed E-state index contributed by atoms with van der Waals surface area (Å²) in [6.45, 7) is 0. The van der Waals surface area contributed by atoms with E-state index < -0.39 is 23.3 Å². The van der Waals surface area contributed by atoms with Crippen LogP contribution >= 0.6 is 0 Å². The molecule has 0 bridgehead atoms. The second-order valence-corrected chi connectivity index (χ2v) is 3.09. The molecular weight excluding hydrogens is 252 g/mol. The monoisotopic (exact) mass is 258 g/mol. The highest BCUT2D eigenvalue weighted by molar-refractivity contribution is 6.05. The Bertz CT molecular complexity index is 652. The van der Waals surface area contributed by atoms with E-state index in [1.807, 2.05) is 5.32 Å². The predicted octanol–water partition coefficient (Wildman–Crippen LogP) is -0.878. The van der Waals surface area contributed by atoms with E-state index in [4.69, 9.17) is 21.4 Å². The Morgan fingerprint density at radius 1 is 1.21 bits per heavy atom. The van der Waals surface area contributed by atoms with Gasteiger partial charge in [0.05, 0.1) is 23.5 Å². The van der Waals surface area contributed by atoms with E-state index in [-0.39, 0.29) is 11.1 Å². The Morgan fingerprint density at radius 3 is 2.26 bits per heavy atom. The first-order valence-electron chi connectivity index (χ1n) is 4.66. The topological polar surface area (TPSA) is 166 Å². The third-order valence-electron chi connectivity index (χ3n) is 1.95. The lowest BCUT2D eigenvalue weighted by Gasteiger charge is -2.05. The fourth-order valence-electron chi connectivity index (χ4n) is 1.06. The molecule has 94 valence electrons. The van der Waals surface area contributed by atoms with E-state index in [0.29, 0.717) is 0 Å². The van der Waals surface area contributed by atoms with Gasteiger partial charge in [0.15, 0.2) is 5.70 Å². The Kier molecular flexibility index (Phi) is 4.11. The van der Waals surface area contributed by atoms with Crippen LogP contribution in [0, 0.1) is 22.7 Å². The molecule has 0 aliphatic rings. The van der Waals surface area contributed by atoms with Crippen molar-refractivity contribution in [3.8, 4) is 12.1 Å². The second-order valence-electron chi connectivity index (χ2n) is 3.09. The standard InChI is InChI=1S/C10H6N6O3/c11-1-7(13)8(2-12)16-9(17)5-3-14-15-4-6(5)10(18)19/h3-4H,13H2,(H,16,17)(H,18,19)/b8-7-. The third-order valence-corrected chi connectivity index (χ3v) is 1.95. The van der Waals surface area contributed by atoms with E-state index in [2.05, 4.69) is 10.2 Å². The summed E-state index contributed by atoms with van der Waals surface area (Å²) >= 11 is 0. The molecule has 0 aliphatic carbocycles. The van der Waals surface area contributed by atoms with E-state index in [9.17, 15) is 9.59 Å². The Labute approximate surface area is 106 Å². The minimum atomic E-state index is -1.38. The van der Waals surface area contributed by atoms with Crippen molar-refractivity contribution in [2.75, 3.05) is 0 Å². The normalized spacial score (nSPS) is 10.6. The number of nitrogens with zero attached hydrogens (tertiary/aromatic N) is 4. The molecule has 0 aliphatic heterocycles. The zero-order chi connectivity index (χ0) is 14.4. The maximum atomic E-state index is 11.8. The number of hydrogen-bond donors (Lipinski definition) is 3. The van der Waals surface area contributed by atoms with Crippen molar-refractivity contribution in [1.82, 2.24) is 15.5 Å². The minimum Gasteiger partial charge on any atom is -0.478 e. The van der Waals surface area contributed by atoms with Crippen molar-refractivity contribution in [2.45, 2.75) is 0 Å². The van der Waals surface area contributed by atoms with Crippen LogP contribution in [0.2, 0.25) is 0 Å². The minimum absolute atomic E-state index is 0.305. The lowest BCUT2D eigenvalue weighted by Crippen LogP contribution is -2.27. The number of hydrogen-bond acceptors (Lipinski definition) is 7. The predicted molar refractivity (Wildman–Crippen MR) is 58.9 cm³/mol. The highest BCUT2D eigenvalue weighted by Crippen LogP contribution is 2.06. The summed E-state index contributed by atoms with van der Waals surface area (Å²) < 4.78 is 0. The Morgan fingerprint density at radius 2 is 1.79 bits per heavy atom. The molecule has 19 heavy (non-hydrogen) atoms. The first kappa shape index (κ1) is 13.6. The molecule has 1 rings (SSSR count). The van der Waals surface area contributed by atoms with Gasteiger partial charge < -0.3 is 16.2 Å². The van der Waals surface area contributed by atoms with Crippen LogP contribution in [-0.4, -0.2) is 27.2 Å². The van der Waals surface area contributed by atoms with Gasteiger partial charge in [-0.2, -0.15) is 20.7 Å². The van der Waals surface area contributed by atoms with Crippen LogP contribution in [0.4, 0.5) is 0 Å². The molecule has 1 heterocycles. The van der Waals surface area contributed by atoms with Crippen LogP contribution in [0.3, 0.4) is 0 Å². The van der Waals surface area contributed by atoms with Crippen molar-refractivity contribution in [3.63, 3.8) is 0 Å². The van der Waals surface area contributed by atoms with Gasteiger partial charge in [-0.3, -0.25) is 4.79 Å². The van der Waals surface area contributed by atoms with Gasteiger partial charge in [0.1, 0.15) is 17.8 Å². The van der Waals surface area contributed by atoms with Crippen molar-refractivity contribution >= 4 is 11.9 Å². The number of nitriles is 2. The molecule has 0 aromatic carbocycles. The summed E-state index contributed by atoms with van der Waals surface area (Å²) in [5, 5.41) is 34.8. The Balaban J connectivity index is 3.14. The first-order chi connectivity index (χ1) is 9.01. The highest BCUT2D eigenvalue weighted by Gasteiger charge is 2.18. The molecule has 9 heteroatoms. The number of rotatable bonds is 3. The van der Waals surface area contributed by atoms with Crippen molar-refractivity contribution in [3.05, 3.63) is 34.9 Å². The van der Waals surface area contributed by atoms with Crippen molar-refractivity contribution < 1.29 is 14.7 Å². The number of carbonyl (C=O) groups excluding carboxylic acids is 1. The van der Waals surface area contributed by atoms with E-state index in [1.54, 1.807) is 0 Å². The quantitative estimate of drug-likeness (QED) is 0.587. The molecule has 0 unspecified atom stereocenters. The number of nitrogens with one attached hydrogen (secondary N) is 1.